The van der Waals surface area contributed by atoms with Crippen molar-refractivity contribution in [3.8, 4) is 0 Å². The lowest BCUT2D eigenvalue weighted by molar-refractivity contribution is 0.00206. The van der Waals surface area contributed by atoms with Crippen LogP contribution in [0.4, 0.5) is 4.79 Å². The number of pyridine rings is 1. The first-order valence-electron chi connectivity index (χ1n) is 10.4. The summed E-state index contributed by atoms with van der Waals surface area (Å²) in [5.41, 5.74) is 4.02. The molecule has 2 atom stereocenters. The van der Waals surface area contributed by atoms with E-state index in [2.05, 4.69) is 39.9 Å². The third-order valence-electron chi connectivity index (χ3n) is 5.99. The van der Waals surface area contributed by atoms with Crippen molar-refractivity contribution in [2.24, 2.45) is 5.92 Å². The summed E-state index contributed by atoms with van der Waals surface area (Å²) in [5, 5.41) is 6.25. The molecule has 0 unspecified atom stereocenters. The van der Waals surface area contributed by atoms with E-state index < -0.39 is 0 Å². The number of rotatable bonds is 4. The fraction of sp³-hybridized carbons (Fsp3) is 0.478. The Bertz CT molecular complexity index is 753. The van der Waals surface area contributed by atoms with Crippen LogP contribution in [0.1, 0.15) is 48.5 Å². The molecule has 2 heterocycles. The maximum absolute atomic E-state index is 12.4. The summed E-state index contributed by atoms with van der Waals surface area (Å²) in [6.07, 6.45) is 9.75. The second kappa shape index (κ2) is 9.20. The van der Waals surface area contributed by atoms with Crippen molar-refractivity contribution in [3.63, 3.8) is 0 Å². The van der Waals surface area contributed by atoms with Crippen molar-refractivity contribution in [2.45, 2.75) is 50.7 Å². The molecule has 0 bridgehead atoms. The van der Waals surface area contributed by atoms with Gasteiger partial charge in [0.05, 0.1) is 6.10 Å². The minimum Gasteiger partial charge on any atom is -0.373 e. The molecule has 148 valence electrons. The van der Waals surface area contributed by atoms with Crippen molar-refractivity contribution in [1.82, 2.24) is 15.6 Å². The molecule has 1 aromatic carbocycles. The molecule has 1 saturated heterocycles. The van der Waals surface area contributed by atoms with Crippen molar-refractivity contribution >= 4 is 6.03 Å². The van der Waals surface area contributed by atoms with Gasteiger partial charge >= 0.3 is 6.03 Å². The summed E-state index contributed by atoms with van der Waals surface area (Å²) >= 11 is 0. The monoisotopic (exact) mass is 379 g/mol. The number of ether oxygens (including phenoxy) is 1. The van der Waals surface area contributed by atoms with Crippen LogP contribution >= 0.6 is 0 Å². The summed E-state index contributed by atoms with van der Waals surface area (Å²) in [7, 11) is 0. The van der Waals surface area contributed by atoms with Gasteiger partial charge in [0, 0.05) is 31.6 Å². The summed E-state index contributed by atoms with van der Waals surface area (Å²) in [6.45, 7) is 1.40. The molecule has 0 spiro atoms. The lowest BCUT2D eigenvalue weighted by Gasteiger charge is -2.30. The average molecular weight is 380 g/mol. The molecular weight excluding hydrogens is 350 g/mol. The highest BCUT2D eigenvalue weighted by Gasteiger charge is 2.25. The molecule has 1 aliphatic carbocycles. The molecule has 1 aliphatic heterocycles. The highest BCUT2D eigenvalue weighted by atomic mass is 16.5. The van der Waals surface area contributed by atoms with Gasteiger partial charge in [0.25, 0.3) is 0 Å². The second-order valence-electron chi connectivity index (χ2n) is 7.93. The smallest absolute Gasteiger partial charge is 0.315 e. The first-order valence-corrected chi connectivity index (χ1v) is 10.4. The van der Waals surface area contributed by atoms with E-state index in [0.29, 0.717) is 12.5 Å². The van der Waals surface area contributed by atoms with E-state index in [9.17, 15) is 4.79 Å². The SMILES string of the molecule is O=C(NCC1CCc2ccccc2CC1)N[C@@H]1CCO[C@@H](c2cccnc2)C1. The summed E-state index contributed by atoms with van der Waals surface area (Å²) in [4.78, 5) is 16.6. The number of amides is 2. The zero-order chi connectivity index (χ0) is 19.2. The van der Waals surface area contributed by atoms with Gasteiger partial charge in [-0.25, -0.2) is 4.79 Å². The van der Waals surface area contributed by atoms with Crippen LogP contribution in [-0.4, -0.2) is 30.2 Å². The molecule has 5 nitrogen and oxygen atoms in total. The first-order chi connectivity index (χ1) is 13.8. The Morgan fingerprint density at radius 1 is 1.07 bits per heavy atom. The van der Waals surface area contributed by atoms with Gasteiger partial charge < -0.3 is 15.4 Å². The minimum absolute atomic E-state index is 0.00751. The molecule has 0 radical (unpaired) electrons. The number of urea groups is 1. The van der Waals surface area contributed by atoms with Crippen LogP contribution in [0, 0.1) is 5.92 Å². The van der Waals surface area contributed by atoms with Crippen molar-refractivity contribution in [2.75, 3.05) is 13.2 Å². The highest BCUT2D eigenvalue weighted by Crippen LogP contribution is 2.27. The number of benzene rings is 1. The molecule has 2 aromatic rings. The van der Waals surface area contributed by atoms with Crippen molar-refractivity contribution in [1.29, 1.82) is 0 Å². The normalized spacial score (nSPS) is 22.7. The molecule has 2 amide bonds. The molecule has 1 fully saturated rings. The molecule has 28 heavy (non-hydrogen) atoms. The van der Waals surface area contributed by atoms with Crippen molar-refractivity contribution in [3.05, 3.63) is 65.5 Å². The van der Waals surface area contributed by atoms with E-state index in [1.54, 1.807) is 6.20 Å². The molecule has 1 aromatic heterocycles. The molecule has 5 heteroatoms. The number of fused-ring (bicyclic) bond motifs is 1. The fourth-order valence-electron chi connectivity index (χ4n) is 4.31. The molecule has 4 rings (SSSR count). The number of hydrogen-bond donors (Lipinski definition) is 2. The van der Waals surface area contributed by atoms with Gasteiger partial charge in [0.15, 0.2) is 0 Å². The maximum Gasteiger partial charge on any atom is 0.315 e. The maximum atomic E-state index is 12.4. The van der Waals surface area contributed by atoms with E-state index in [4.69, 9.17) is 4.74 Å². The highest BCUT2D eigenvalue weighted by molar-refractivity contribution is 5.74. The van der Waals surface area contributed by atoms with Gasteiger partial charge in [0.1, 0.15) is 0 Å². The van der Waals surface area contributed by atoms with Crippen LogP contribution in [0.3, 0.4) is 0 Å². The van der Waals surface area contributed by atoms with Crippen LogP contribution in [0.2, 0.25) is 0 Å². The van der Waals surface area contributed by atoms with E-state index in [0.717, 1.165) is 50.6 Å². The van der Waals surface area contributed by atoms with E-state index in [1.165, 1.54) is 11.1 Å². The minimum atomic E-state index is -0.0569. The van der Waals surface area contributed by atoms with Gasteiger partial charge in [-0.2, -0.15) is 0 Å². The number of hydrogen-bond acceptors (Lipinski definition) is 3. The molecule has 2 aliphatic rings. The Balaban J connectivity index is 1.22. The van der Waals surface area contributed by atoms with Gasteiger partial charge in [0.2, 0.25) is 0 Å². The number of nitrogens with zero attached hydrogens (tertiary/aromatic N) is 1. The summed E-state index contributed by atoms with van der Waals surface area (Å²) < 4.78 is 5.86. The third kappa shape index (κ3) is 4.90. The van der Waals surface area contributed by atoms with Gasteiger partial charge in [-0.3, -0.25) is 4.98 Å². The standard InChI is InChI=1S/C23H29N3O2/c27-23(25-15-17-7-9-18-4-1-2-5-19(18)10-8-17)26-21-11-13-28-22(14-21)20-6-3-12-24-16-20/h1-6,12,16-17,21-22H,7-11,13-15H2,(H2,25,26,27)/t21-,22-/m1/s1. The predicted molar refractivity (Wildman–Crippen MR) is 109 cm³/mol. The zero-order valence-corrected chi connectivity index (χ0v) is 16.3. The molecular formula is C23H29N3O2. The van der Waals surface area contributed by atoms with Crippen LogP contribution in [0.25, 0.3) is 0 Å². The van der Waals surface area contributed by atoms with E-state index in [1.807, 2.05) is 18.3 Å². The number of carbonyl (C=O) groups excluding carboxylic acids is 1. The number of aryl methyl sites for hydroxylation is 2. The van der Waals surface area contributed by atoms with E-state index in [-0.39, 0.29) is 18.2 Å². The predicted octanol–water partition coefficient (Wildman–Crippen LogP) is 3.80. The lowest BCUT2D eigenvalue weighted by Crippen LogP contribution is -2.46. The Kier molecular flexibility index (Phi) is 6.22. The largest absolute Gasteiger partial charge is 0.373 e. The second-order valence-corrected chi connectivity index (χ2v) is 7.93. The van der Waals surface area contributed by atoms with Gasteiger partial charge in [-0.1, -0.05) is 30.3 Å². The van der Waals surface area contributed by atoms with Crippen LogP contribution in [0.15, 0.2) is 48.8 Å². The number of carbonyl (C=O) groups is 1. The Labute approximate surface area is 166 Å². The number of aromatic nitrogens is 1. The third-order valence-corrected chi connectivity index (χ3v) is 5.99. The Morgan fingerprint density at radius 2 is 1.86 bits per heavy atom. The topological polar surface area (TPSA) is 63.2 Å². The molecule has 2 N–H and O–H groups in total. The van der Waals surface area contributed by atoms with Gasteiger partial charge in [-0.15, -0.1) is 0 Å². The lowest BCUT2D eigenvalue weighted by atomic mass is 9.98. The summed E-state index contributed by atoms with van der Waals surface area (Å²) in [6, 6.07) is 12.8. The Hall–Kier alpha value is -2.40. The number of nitrogens with one attached hydrogen (secondary N) is 2. The average Bonchev–Trinajstić information content (AvgIpc) is 2.96. The molecule has 0 saturated carbocycles. The quantitative estimate of drug-likeness (QED) is 0.795. The van der Waals surface area contributed by atoms with Crippen LogP contribution < -0.4 is 10.6 Å². The van der Waals surface area contributed by atoms with Gasteiger partial charge in [-0.05, 0) is 67.2 Å². The van der Waals surface area contributed by atoms with Crippen LogP contribution in [-0.2, 0) is 17.6 Å². The van der Waals surface area contributed by atoms with E-state index >= 15 is 0 Å². The first kappa shape index (κ1) is 18.9. The Morgan fingerprint density at radius 3 is 2.57 bits per heavy atom. The zero-order valence-electron chi connectivity index (χ0n) is 16.3. The summed E-state index contributed by atoms with van der Waals surface area (Å²) in [5.74, 6) is 0.538. The van der Waals surface area contributed by atoms with Crippen molar-refractivity contribution < 1.29 is 9.53 Å². The van der Waals surface area contributed by atoms with Crippen LogP contribution in [0.5, 0.6) is 0 Å². The fourth-order valence-corrected chi connectivity index (χ4v) is 4.31.